The number of nitrogens with one attached hydrogen (secondary N) is 3. The second-order valence-corrected chi connectivity index (χ2v) is 22.1. The predicted molar refractivity (Wildman–Crippen MR) is 275 cm³/mol. The second-order valence-electron chi connectivity index (χ2n) is 22.1. The van der Waals surface area contributed by atoms with Crippen LogP contribution in [0.25, 0.3) is 11.5 Å². The zero-order valence-electron chi connectivity index (χ0n) is 43.3. The summed E-state index contributed by atoms with van der Waals surface area (Å²) in [7, 11) is 1.86. The Morgan fingerprint density at radius 2 is 1.47 bits per heavy atom. The van der Waals surface area contributed by atoms with Gasteiger partial charge in [-0.25, -0.2) is 4.98 Å². The molecule has 0 radical (unpaired) electrons. The molecule has 3 N–H and O–H groups in total. The fraction of sp³-hybridized carbons (Fsp3) is 0.611. The molecule has 0 bridgehead atoms. The van der Waals surface area contributed by atoms with E-state index in [0.717, 1.165) is 164 Å². The van der Waals surface area contributed by atoms with Crippen molar-refractivity contribution >= 4 is 52.9 Å². The number of amides is 6. The largest absolute Gasteiger partial charge is 0.423 e. The number of piperidine rings is 3. The second kappa shape index (κ2) is 21.9. The maximum atomic E-state index is 13.8. The van der Waals surface area contributed by atoms with Gasteiger partial charge in [0.15, 0.2) is 0 Å². The smallest absolute Gasteiger partial charge is 0.262 e. The number of imide groups is 2. The van der Waals surface area contributed by atoms with Gasteiger partial charge >= 0.3 is 0 Å². The average molecular weight is 1030 g/mol. The van der Waals surface area contributed by atoms with E-state index in [1.54, 1.807) is 16.9 Å². The van der Waals surface area contributed by atoms with E-state index in [2.05, 4.69) is 55.8 Å². The van der Waals surface area contributed by atoms with E-state index >= 15 is 0 Å². The molecule has 11 rings (SSSR count). The molecule has 1 unspecified atom stereocenters. The Balaban J connectivity index is 0.570. The number of aromatic nitrogens is 6. The first-order chi connectivity index (χ1) is 36.4. The van der Waals surface area contributed by atoms with E-state index < -0.39 is 23.8 Å². The summed E-state index contributed by atoms with van der Waals surface area (Å²) in [6.07, 6.45) is 17.5. The Bertz CT molecular complexity index is 2760. The first kappa shape index (κ1) is 50.5. The molecule has 75 heavy (non-hydrogen) atoms. The van der Waals surface area contributed by atoms with Gasteiger partial charge in [-0.15, -0.1) is 10.2 Å². The van der Waals surface area contributed by atoms with E-state index in [-0.39, 0.29) is 54.4 Å². The lowest BCUT2D eigenvalue weighted by Gasteiger charge is -2.43. The molecule has 1 atom stereocenters. The number of hydrogen-bond donors (Lipinski definition) is 3. The van der Waals surface area contributed by atoms with Crippen molar-refractivity contribution in [1.82, 2.24) is 59.8 Å². The van der Waals surface area contributed by atoms with Crippen LogP contribution in [0.4, 0.5) is 17.5 Å². The van der Waals surface area contributed by atoms with Crippen LogP contribution in [0.1, 0.15) is 134 Å². The van der Waals surface area contributed by atoms with Crippen LogP contribution in [0.3, 0.4) is 0 Å². The summed E-state index contributed by atoms with van der Waals surface area (Å²) in [5, 5.41) is 21.5. The molecule has 21 nitrogen and oxygen atoms in total. The van der Waals surface area contributed by atoms with E-state index in [9.17, 15) is 28.8 Å². The van der Waals surface area contributed by atoms with Crippen LogP contribution in [0.15, 0.2) is 41.4 Å². The molecule has 6 amide bonds. The fourth-order valence-electron chi connectivity index (χ4n) is 13.1. The number of nitrogens with zero attached hydrogens (tertiary/aromatic N) is 11. The highest BCUT2D eigenvalue weighted by Gasteiger charge is 2.45. The maximum absolute atomic E-state index is 13.8. The van der Waals surface area contributed by atoms with Crippen LogP contribution >= 0.6 is 0 Å². The molecule has 3 aromatic heterocycles. The van der Waals surface area contributed by atoms with Crippen LogP contribution in [-0.2, 0) is 26.2 Å². The summed E-state index contributed by atoms with van der Waals surface area (Å²) in [6.45, 7) is 9.75. The Kier molecular flexibility index (Phi) is 14.8. The molecule has 4 saturated heterocycles. The molecule has 21 heteroatoms. The molecule has 1 aromatic carbocycles. The van der Waals surface area contributed by atoms with Crippen LogP contribution in [0, 0.1) is 24.7 Å². The van der Waals surface area contributed by atoms with E-state index in [0.29, 0.717) is 46.3 Å². The van der Waals surface area contributed by atoms with Gasteiger partial charge in [0.1, 0.15) is 17.4 Å². The van der Waals surface area contributed by atoms with Crippen LogP contribution in [0.5, 0.6) is 0 Å². The predicted octanol–water partition coefficient (Wildman–Crippen LogP) is 4.90. The Morgan fingerprint density at radius 3 is 2.12 bits per heavy atom. The highest BCUT2D eigenvalue weighted by molar-refractivity contribution is 6.23. The molecule has 6 fully saturated rings. The Morgan fingerprint density at radius 1 is 0.773 bits per heavy atom. The normalized spacial score (nSPS) is 25.6. The number of carbonyl (C=O) groups excluding carboxylic acids is 6. The molecule has 2 aliphatic carbocycles. The van der Waals surface area contributed by atoms with Crippen molar-refractivity contribution in [1.29, 1.82) is 0 Å². The lowest BCUT2D eigenvalue weighted by molar-refractivity contribution is -0.143. The van der Waals surface area contributed by atoms with Gasteiger partial charge in [0.25, 0.3) is 17.7 Å². The zero-order valence-corrected chi connectivity index (χ0v) is 43.3. The summed E-state index contributed by atoms with van der Waals surface area (Å²) in [6, 6.07) is 5.25. The molecular formula is C54H70N14O7. The van der Waals surface area contributed by atoms with Gasteiger partial charge in [0, 0.05) is 82.9 Å². The summed E-state index contributed by atoms with van der Waals surface area (Å²) < 4.78 is 7.32. The molecule has 398 valence electrons. The molecule has 7 aliphatic rings. The standard InChI is InChI=1S/C54H70N14O7/c1-33-46(49-62-55-32-75-49)47(61-54(57-33)59-40-30-56-63(2)31-40)58-39-8-10-41(11-9-39)65-25-27-67(28-26-65)51(72)37-5-3-36(4-6-37)50(71)66-23-16-34(17-24-66)15-20-64-21-18-35(19-22-64)38-7-12-42-43(29-38)53(74)68(52(42)73)44-13-14-45(69)60-48(44)70/h7,12,29-32,34-37,39,41,44H,3-6,8-11,13-28H2,1-2H3,(H,60,69,70)(H2,57,58,59,61). The number of piperazine rings is 1. The zero-order chi connectivity index (χ0) is 51.7. The van der Waals surface area contributed by atoms with E-state index in [1.807, 2.05) is 32.3 Å². The summed E-state index contributed by atoms with van der Waals surface area (Å²) in [5.41, 5.74) is 3.93. The Hall–Kier alpha value is -6.61. The van der Waals surface area contributed by atoms with E-state index in [1.165, 1.54) is 6.39 Å². The van der Waals surface area contributed by atoms with Gasteiger partial charge in [0.05, 0.1) is 28.7 Å². The Labute approximate surface area is 436 Å². The highest BCUT2D eigenvalue weighted by atomic mass is 16.4. The van der Waals surface area contributed by atoms with Crippen molar-refractivity contribution < 1.29 is 33.2 Å². The lowest BCUT2D eigenvalue weighted by atomic mass is 9.80. The number of aryl methyl sites for hydroxylation is 2. The number of anilines is 3. The van der Waals surface area contributed by atoms with Gasteiger partial charge in [-0.05, 0) is 146 Å². The highest BCUT2D eigenvalue weighted by Crippen LogP contribution is 2.37. The molecule has 0 spiro atoms. The minimum atomic E-state index is -0.964. The van der Waals surface area contributed by atoms with Gasteiger partial charge in [-0.2, -0.15) is 10.1 Å². The monoisotopic (exact) mass is 1030 g/mol. The number of hydrogen-bond acceptors (Lipinski definition) is 16. The number of benzene rings is 1. The van der Waals surface area contributed by atoms with Crippen molar-refractivity contribution in [3.05, 3.63) is 59.4 Å². The quantitative estimate of drug-likeness (QED) is 0.151. The number of rotatable bonds is 13. The molecular weight excluding hydrogens is 957 g/mol. The first-order valence-corrected chi connectivity index (χ1v) is 27.5. The molecule has 2 saturated carbocycles. The van der Waals surface area contributed by atoms with Crippen molar-refractivity contribution in [2.75, 3.05) is 69.5 Å². The number of carbonyl (C=O) groups is 6. The third-order valence-electron chi connectivity index (χ3n) is 17.5. The SMILES string of the molecule is Cc1nc(Nc2cnn(C)c2)nc(NC2CCC(N3CCN(C(=O)C4CCC(C(=O)N5CCC(CCN6CCC(c7ccc8c(c7)C(=O)N(C7CCC(=O)NC7=O)C8=O)CC6)CC5)CC4)CC3)CC2)c1-c1nnco1. The summed E-state index contributed by atoms with van der Waals surface area (Å²) in [4.78, 5) is 98.2. The van der Waals surface area contributed by atoms with Gasteiger partial charge in [0.2, 0.25) is 36.0 Å². The third kappa shape index (κ3) is 10.9. The van der Waals surface area contributed by atoms with Crippen molar-refractivity contribution in [2.24, 2.45) is 24.8 Å². The maximum Gasteiger partial charge on any atom is 0.262 e. The topological polar surface area (TPSA) is 237 Å². The molecule has 4 aromatic rings. The third-order valence-corrected chi connectivity index (χ3v) is 17.5. The lowest BCUT2D eigenvalue weighted by Crippen LogP contribution is -2.54. The number of likely N-dealkylation sites (tertiary alicyclic amines) is 2. The molecule has 5 aliphatic heterocycles. The number of fused-ring (bicyclic) bond motifs is 1. The molecule has 8 heterocycles. The average Bonchev–Trinajstić information content (AvgIpc) is 4.17. The minimum Gasteiger partial charge on any atom is -0.423 e. The van der Waals surface area contributed by atoms with Gasteiger partial charge in [-0.3, -0.25) is 48.6 Å². The van der Waals surface area contributed by atoms with Crippen molar-refractivity contribution in [3.63, 3.8) is 0 Å². The van der Waals surface area contributed by atoms with Crippen molar-refractivity contribution in [3.8, 4) is 11.5 Å². The summed E-state index contributed by atoms with van der Waals surface area (Å²) in [5.74, 6) is 1.01. The van der Waals surface area contributed by atoms with Crippen LogP contribution in [0.2, 0.25) is 0 Å². The summed E-state index contributed by atoms with van der Waals surface area (Å²) >= 11 is 0. The minimum absolute atomic E-state index is 0.00146. The van der Waals surface area contributed by atoms with E-state index in [4.69, 9.17) is 9.40 Å². The van der Waals surface area contributed by atoms with Crippen molar-refractivity contribution in [2.45, 2.75) is 127 Å². The van der Waals surface area contributed by atoms with Gasteiger partial charge < -0.3 is 29.8 Å². The van der Waals surface area contributed by atoms with Crippen LogP contribution < -0.4 is 16.0 Å². The first-order valence-electron chi connectivity index (χ1n) is 27.5. The fourth-order valence-corrected chi connectivity index (χ4v) is 13.1. The van der Waals surface area contributed by atoms with Crippen LogP contribution in [-0.4, -0.2) is 167 Å². The van der Waals surface area contributed by atoms with Gasteiger partial charge in [-0.1, -0.05) is 6.07 Å².